The molecule has 0 saturated carbocycles. The molecule has 0 aromatic carbocycles. The Balaban J connectivity index is 1.68. The van der Waals surface area contributed by atoms with Gasteiger partial charge < -0.3 is 15.3 Å². The third kappa shape index (κ3) is 4.53. The van der Waals surface area contributed by atoms with Gasteiger partial charge in [0.15, 0.2) is 0 Å². The van der Waals surface area contributed by atoms with Crippen LogP contribution < -0.4 is 5.32 Å². The molecule has 1 aliphatic rings. The highest BCUT2D eigenvalue weighted by molar-refractivity contribution is 5.76. The van der Waals surface area contributed by atoms with E-state index >= 15 is 0 Å². The van der Waals surface area contributed by atoms with Crippen LogP contribution in [0.3, 0.4) is 0 Å². The number of nitrogens with one attached hydrogen (secondary N) is 1. The monoisotopic (exact) mass is 404 g/mol. The van der Waals surface area contributed by atoms with Crippen LogP contribution in [-0.4, -0.2) is 48.9 Å². The number of likely N-dealkylation sites (tertiary alicyclic amines) is 1. The van der Waals surface area contributed by atoms with Crippen LogP contribution in [-0.2, 0) is 4.79 Å². The van der Waals surface area contributed by atoms with Crippen molar-refractivity contribution >= 4 is 17.4 Å². The predicted molar refractivity (Wildman–Crippen MR) is 113 cm³/mol. The quantitative estimate of drug-likeness (QED) is 0.671. The Kier molecular flexibility index (Phi) is 5.83. The summed E-state index contributed by atoms with van der Waals surface area (Å²) in [7, 11) is 0. The molecule has 1 aliphatic heterocycles. The molecule has 3 aromatic heterocycles. The number of pyridine rings is 2. The second-order valence-electron chi connectivity index (χ2n) is 7.30. The number of aromatic hydroxyl groups is 1. The number of nitrogens with zero attached hydrogens (tertiary/aromatic N) is 5. The highest BCUT2D eigenvalue weighted by Crippen LogP contribution is 2.29. The Labute approximate surface area is 175 Å². The molecule has 1 fully saturated rings. The Hall–Kier alpha value is -3.55. The van der Waals surface area contributed by atoms with E-state index in [9.17, 15) is 9.90 Å². The standard InChI is InChI=1S/C22H24N6O2/c1-2-21(30)28-10-4-6-16(14-28)22-26-18(15-5-3-9-23-12-15)11-19(27-22)25-17-7-8-20(29)24-13-17/h3,5,7-9,11-13,16H,2,4,6,10,14H2,1H3,(H,24,29)(H,25,26,27). The van der Waals surface area contributed by atoms with Gasteiger partial charge in [-0.05, 0) is 31.0 Å². The topological polar surface area (TPSA) is 104 Å². The molecule has 4 rings (SSSR count). The van der Waals surface area contributed by atoms with Crippen LogP contribution in [0.5, 0.6) is 5.88 Å². The number of carbonyl (C=O) groups excluding carboxylic acids is 1. The maximum absolute atomic E-state index is 12.2. The lowest BCUT2D eigenvalue weighted by molar-refractivity contribution is -0.132. The third-order valence-electron chi connectivity index (χ3n) is 5.16. The van der Waals surface area contributed by atoms with E-state index in [0.29, 0.717) is 30.3 Å². The van der Waals surface area contributed by atoms with E-state index in [0.717, 1.165) is 30.6 Å². The summed E-state index contributed by atoms with van der Waals surface area (Å²) in [6.45, 7) is 3.30. The summed E-state index contributed by atoms with van der Waals surface area (Å²) in [5.74, 6) is 1.54. The highest BCUT2D eigenvalue weighted by Gasteiger charge is 2.26. The molecule has 4 heterocycles. The second-order valence-corrected chi connectivity index (χ2v) is 7.30. The van der Waals surface area contributed by atoms with Gasteiger partial charge in [-0.3, -0.25) is 9.78 Å². The molecule has 1 amide bonds. The van der Waals surface area contributed by atoms with Crippen LogP contribution in [0.25, 0.3) is 11.3 Å². The third-order valence-corrected chi connectivity index (χ3v) is 5.16. The number of carbonyl (C=O) groups is 1. The Morgan fingerprint density at radius 3 is 2.90 bits per heavy atom. The van der Waals surface area contributed by atoms with Crippen molar-refractivity contribution in [1.29, 1.82) is 0 Å². The number of rotatable bonds is 5. The summed E-state index contributed by atoms with van der Waals surface area (Å²) < 4.78 is 0. The van der Waals surface area contributed by atoms with Crippen LogP contribution >= 0.6 is 0 Å². The fraction of sp³-hybridized carbons (Fsp3) is 0.318. The molecule has 2 N–H and O–H groups in total. The summed E-state index contributed by atoms with van der Waals surface area (Å²) in [4.78, 5) is 31.8. The number of hydrogen-bond acceptors (Lipinski definition) is 7. The van der Waals surface area contributed by atoms with E-state index in [-0.39, 0.29) is 17.7 Å². The van der Waals surface area contributed by atoms with Gasteiger partial charge in [-0.1, -0.05) is 6.92 Å². The highest BCUT2D eigenvalue weighted by atomic mass is 16.3. The molecular weight excluding hydrogens is 380 g/mol. The van der Waals surface area contributed by atoms with Gasteiger partial charge in [-0.15, -0.1) is 0 Å². The summed E-state index contributed by atoms with van der Waals surface area (Å²) in [5, 5.41) is 12.7. The van der Waals surface area contributed by atoms with E-state index in [4.69, 9.17) is 9.97 Å². The van der Waals surface area contributed by atoms with E-state index in [1.807, 2.05) is 30.0 Å². The molecule has 1 saturated heterocycles. The van der Waals surface area contributed by atoms with Crippen molar-refractivity contribution in [3.05, 3.63) is 54.7 Å². The largest absolute Gasteiger partial charge is 0.493 e. The van der Waals surface area contributed by atoms with Gasteiger partial charge in [0.2, 0.25) is 11.8 Å². The Bertz CT molecular complexity index is 1010. The second kappa shape index (κ2) is 8.86. The first-order chi connectivity index (χ1) is 14.6. The Morgan fingerprint density at radius 2 is 2.17 bits per heavy atom. The number of piperidine rings is 1. The first kappa shape index (κ1) is 19.8. The minimum Gasteiger partial charge on any atom is -0.493 e. The molecule has 0 aliphatic carbocycles. The van der Waals surface area contributed by atoms with Crippen molar-refractivity contribution in [3.8, 4) is 17.1 Å². The van der Waals surface area contributed by atoms with Crippen molar-refractivity contribution in [2.45, 2.75) is 32.1 Å². The fourth-order valence-electron chi connectivity index (χ4n) is 3.62. The maximum atomic E-state index is 12.2. The molecule has 0 spiro atoms. The van der Waals surface area contributed by atoms with Crippen molar-refractivity contribution in [1.82, 2.24) is 24.8 Å². The van der Waals surface area contributed by atoms with Crippen molar-refractivity contribution in [3.63, 3.8) is 0 Å². The molecule has 0 bridgehead atoms. The molecule has 1 atom stereocenters. The smallest absolute Gasteiger partial charge is 0.222 e. The molecule has 1 unspecified atom stereocenters. The summed E-state index contributed by atoms with van der Waals surface area (Å²) in [5.41, 5.74) is 2.37. The van der Waals surface area contributed by atoms with Crippen LogP contribution in [0, 0.1) is 0 Å². The number of hydrogen-bond donors (Lipinski definition) is 2. The van der Waals surface area contributed by atoms with Crippen molar-refractivity contribution < 1.29 is 9.90 Å². The molecule has 3 aromatic rings. The number of aromatic nitrogens is 4. The van der Waals surface area contributed by atoms with Gasteiger partial charge in [-0.2, -0.15) is 0 Å². The molecular formula is C22H24N6O2. The predicted octanol–water partition coefficient (Wildman–Crippen LogP) is 3.50. The number of amides is 1. The van der Waals surface area contributed by atoms with Crippen LogP contribution in [0.15, 0.2) is 48.9 Å². The zero-order valence-electron chi connectivity index (χ0n) is 16.8. The van der Waals surface area contributed by atoms with Gasteiger partial charge in [0.05, 0.1) is 17.6 Å². The van der Waals surface area contributed by atoms with Gasteiger partial charge in [0.25, 0.3) is 0 Å². The van der Waals surface area contributed by atoms with Crippen molar-refractivity contribution in [2.24, 2.45) is 0 Å². The molecule has 30 heavy (non-hydrogen) atoms. The van der Waals surface area contributed by atoms with Gasteiger partial charge >= 0.3 is 0 Å². The minimum absolute atomic E-state index is 0.0390. The van der Waals surface area contributed by atoms with E-state index in [1.54, 1.807) is 24.7 Å². The lowest BCUT2D eigenvalue weighted by atomic mass is 9.96. The Morgan fingerprint density at radius 1 is 1.27 bits per heavy atom. The first-order valence-electron chi connectivity index (χ1n) is 10.1. The summed E-state index contributed by atoms with van der Waals surface area (Å²) in [6.07, 6.45) is 7.41. The average molecular weight is 404 g/mol. The number of anilines is 2. The van der Waals surface area contributed by atoms with Crippen molar-refractivity contribution in [2.75, 3.05) is 18.4 Å². The van der Waals surface area contributed by atoms with Crippen LogP contribution in [0.2, 0.25) is 0 Å². The lowest BCUT2D eigenvalue weighted by Crippen LogP contribution is -2.39. The molecule has 8 heteroatoms. The van der Waals surface area contributed by atoms with E-state index in [1.165, 1.54) is 6.07 Å². The fourth-order valence-corrected chi connectivity index (χ4v) is 3.62. The van der Waals surface area contributed by atoms with E-state index in [2.05, 4.69) is 15.3 Å². The summed E-state index contributed by atoms with van der Waals surface area (Å²) in [6, 6.07) is 8.94. The lowest BCUT2D eigenvalue weighted by Gasteiger charge is -2.32. The van der Waals surface area contributed by atoms with Gasteiger partial charge in [0, 0.05) is 55.5 Å². The summed E-state index contributed by atoms with van der Waals surface area (Å²) >= 11 is 0. The zero-order valence-corrected chi connectivity index (χ0v) is 16.8. The van der Waals surface area contributed by atoms with Gasteiger partial charge in [0.1, 0.15) is 11.6 Å². The normalized spacial score (nSPS) is 16.3. The average Bonchev–Trinajstić information content (AvgIpc) is 2.80. The minimum atomic E-state index is -0.0390. The van der Waals surface area contributed by atoms with Crippen LogP contribution in [0.4, 0.5) is 11.5 Å². The van der Waals surface area contributed by atoms with Gasteiger partial charge in [-0.25, -0.2) is 15.0 Å². The first-order valence-corrected chi connectivity index (χ1v) is 10.1. The SMILES string of the molecule is CCC(=O)N1CCCC(c2nc(Nc3ccc(O)nc3)cc(-c3cccnc3)n2)C1. The maximum Gasteiger partial charge on any atom is 0.222 e. The molecule has 8 nitrogen and oxygen atoms in total. The van der Waals surface area contributed by atoms with Crippen LogP contribution in [0.1, 0.15) is 37.9 Å². The molecule has 0 radical (unpaired) electrons. The molecule has 154 valence electrons. The zero-order chi connectivity index (χ0) is 20.9. The van der Waals surface area contributed by atoms with E-state index < -0.39 is 0 Å².